The van der Waals surface area contributed by atoms with Crippen molar-refractivity contribution in [3.05, 3.63) is 76.2 Å². The fraction of sp³-hybridized carbons (Fsp3) is 0.259. The summed E-state index contributed by atoms with van der Waals surface area (Å²) in [6, 6.07) is 10.8. The second kappa shape index (κ2) is 8.46. The molecule has 186 valence electrons. The van der Waals surface area contributed by atoms with Gasteiger partial charge < -0.3 is 34.7 Å². The predicted molar refractivity (Wildman–Crippen MR) is 132 cm³/mol. The van der Waals surface area contributed by atoms with Crippen LogP contribution in [0.1, 0.15) is 23.6 Å². The summed E-state index contributed by atoms with van der Waals surface area (Å²) in [6.07, 6.45) is 1.83. The molecule has 0 spiro atoms. The Morgan fingerprint density at radius 1 is 1.17 bits per heavy atom. The van der Waals surface area contributed by atoms with Crippen LogP contribution in [0.15, 0.2) is 59.5 Å². The number of H-pyrrole nitrogens is 1. The van der Waals surface area contributed by atoms with Crippen LogP contribution in [0.25, 0.3) is 16.6 Å². The summed E-state index contributed by atoms with van der Waals surface area (Å²) in [5.74, 6) is -1.08. The summed E-state index contributed by atoms with van der Waals surface area (Å²) in [4.78, 5) is 30.9. The minimum Gasteiger partial charge on any atom is -0.507 e. The molecule has 1 aliphatic heterocycles. The van der Waals surface area contributed by atoms with Crippen LogP contribution in [0.3, 0.4) is 0 Å². The number of ether oxygens (including phenoxy) is 2. The number of carboxylic acids is 1. The zero-order valence-corrected chi connectivity index (χ0v) is 20.1. The van der Waals surface area contributed by atoms with Crippen molar-refractivity contribution >= 4 is 28.4 Å². The molecule has 3 aromatic rings. The molecule has 0 radical (unpaired) electrons. The molecular formula is C27H26N2O7. The van der Waals surface area contributed by atoms with Gasteiger partial charge >= 0.3 is 5.97 Å². The number of fused-ring (bicyclic) bond motifs is 3. The second-order valence-corrected chi connectivity index (χ2v) is 9.02. The molecule has 1 aromatic heterocycles. The van der Waals surface area contributed by atoms with E-state index >= 15 is 0 Å². The Hall–Kier alpha value is -4.24. The summed E-state index contributed by atoms with van der Waals surface area (Å²) in [6.45, 7) is 0.701. The van der Waals surface area contributed by atoms with Gasteiger partial charge in [-0.2, -0.15) is 0 Å². The third kappa shape index (κ3) is 3.27. The highest BCUT2D eigenvalue weighted by Gasteiger charge is 2.52. The lowest BCUT2D eigenvalue weighted by Crippen LogP contribution is -2.56. The summed E-state index contributed by atoms with van der Waals surface area (Å²) >= 11 is 0. The molecule has 0 saturated carbocycles. The number of aliphatic hydroxyl groups excluding tert-OH is 2. The first-order chi connectivity index (χ1) is 17.2. The molecule has 36 heavy (non-hydrogen) atoms. The van der Waals surface area contributed by atoms with Gasteiger partial charge in [-0.25, -0.2) is 4.79 Å². The number of aromatic amines is 1. The van der Waals surface area contributed by atoms with Gasteiger partial charge in [-0.3, -0.25) is 4.79 Å². The molecule has 2 heterocycles. The minimum absolute atomic E-state index is 0.00707. The van der Waals surface area contributed by atoms with Crippen molar-refractivity contribution in [3.63, 3.8) is 0 Å². The number of carbonyl (C=O) groups excluding carboxylic acids is 1. The summed E-state index contributed by atoms with van der Waals surface area (Å²) in [5, 5.41) is 32.7. The van der Waals surface area contributed by atoms with Crippen LogP contribution >= 0.6 is 0 Å². The number of carboxylic acid groups (broad SMARTS) is 1. The van der Waals surface area contributed by atoms with Crippen molar-refractivity contribution in [3.8, 4) is 11.5 Å². The number of aliphatic hydroxyl groups is 2. The molecule has 5 rings (SSSR count). The summed E-state index contributed by atoms with van der Waals surface area (Å²) in [5.41, 5.74) is 1.16. The highest BCUT2D eigenvalue weighted by molar-refractivity contribution is 6.12. The lowest BCUT2D eigenvalue weighted by molar-refractivity contribution is -0.147. The van der Waals surface area contributed by atoms with Gasteiger partial charge in [-0.15, -0.1) is 0 Å². The van der Waals surface area contributed by atoms with Crippen molar-refractivity contribution in [2.75, 3.05) is 20.8 Å². The number of ketones is 1. The van der Waals surface area contributed by atoms with Crippen LogP contribution in [-0.4, -0.2) is 63.3 Å². The Balaban J connectivity index is 1.80. The van der Waals surface area contributed by atoms with E-state index < -0.39 is 23.9 Å². The number of nitrogens with zero attached hydrogens (tertiary/aromatic N) is 1. The topological polar surface area (TPSA) is 132 Å². The van der Waals surface area contributed by atoms with E-state index in [4.69, 9.17) is 9.47 Å². The number of aliphatic carboxylic acids is 1. The van der Waals surface area contributed by atoms with Crippen molar-refractivity contribution in [2.24, 2.45) is 0 Å². The zero-order chi connectivity index (χ0) is 25.8. The molecule has 2 aromatic carbocycles. The molecule has 9 heteroatoms. The van der Waals surface area contributed by atoms with E-state index in [-0.39, 0.29) is 29.9 Å². The van der Waals surface area contributed by atoms with Gasteiger partial charge in [-0.05, 0) is 42.8 Å². The summed E-state index contributed by atoms with van der Waals surface area (Å²) in [7, 11) is 3.04. The number of Topliss-reactive ketones (excluding diaryl/α,β-unsaturated/α-hetero) is 1. The molecule has 1 unspecified atom stereocenters. The fourth-order valence-corrected chi connectivity index (χ4v) is 5.20. The summed E-state index contributed by atoms with van der Waals surface area (Å²) < 4.78 is 10.8. The van der Waals surface area contributed by atoms with Gasteiger partial charge in [0.1, 0.15) is 17.3 Å². The van der Waals surface area contributed by atoms with E-state index in [1.807, 2.05) is 18.2 Å². The van der Waals surface area contributed by atoms with Crippen LogP contribution in [0.4, 0.5) is 0 Å². The van der Waals surface area contributed by atoms with Gasteiger partial charge in [0, 0.05) is 52.8 Å². The third-order valence-corrected chi connectivity index (χ3v) is 7.22. The van der Waals surface area contributed by atoms with Gasteiger partial charge in [0.05, 0.1) is 32.1 Å². The maximum atomic E-state index is 13.4. The van der Waals surface area contributed by atoms with E-state index in [1.54, 1.807) is 29.3 Å². The largest absolute Gasteiger partial charge is 0.507 e. The van der Waals surface area contributed by atoms with E-state index in [9.17, 15) is 24.9 Å². The highest BCUT2D eigenvalue weighted by atomic mass is 16.5. The SMILES string of the molecule is COc1ccc(CN2C3=C(C(=O)Cc4cc5[nH]ccc5cc43)C(O)=C(CO)C2(C)C(=O)O)c(OC)c1. The van der Waals surface area contributed by atoms with Crippen LogP contribution in [0.5, 0.6) is 11.5 Å². The molecule has 0 amide bonds. The van der Waals surface area contributed by atoms with E-state index in [1.165, 1.54) is 21.1 Å². The Bertz CT molecular complexity index is 1480. The smallest absolute Gasteiger partial charge is 0.333 e. The maximum absolute atomic E-state index is 13.4. The Morgan fingerprint density at radius 3 is 2.61 bits per heavy atom. The quantitative estimate of drug-likeness (QED) is 0.414. The molecule has 0 saturated heterocycles. The average Bonchev–Trinajstić information content (AvgIpc) is 3.32. The van der Waals surface area contributed by atoms with Crippen molar-refractivity contribution in [2.45, 2.75) is 25.4 Å². The van der Waals surface area contributed by atoms with Crippen LogP contribution in [0.2, 0.25) is 0 Å². The van der Waals surface area contributed by atoms with E-state index in [0.717, 1.165) is 10.9 Å². The van der Waals surface area contributed by atoms with Gasteiger partial charge in [-0.1, -0.05) is 0 Å². The second-order valence-electron chi connectivity index (χ2n) is 9.02. The molecular weight excluding hydrogens is 464 g/mol. The monoisotopic (exact) mass is 490 g/mol. The fourth-order valence-electron chi connectivity index (χ4n) is 5.20. The van der Waals surface area contributed by atoms with Crippen molar-refractivity contribution in [1.82, 2.24) is 9.88 Å². The van der Waals surface area contributed by atoms with E-state index in [0.29, 0.717) is 33.9 Å². The predicted octanol–water partition coefficient (Wildman–Crippen LogP) is 3.18. The molecule has 0 bridgehead atoms. The Labute approximate surface area is 206 Å². The van der Waals surface area contributed by atoms with Crippen LogP contribution in [0, 0.1) is 0 Å². The molecule has 0 fully saturated rings. The molecule has 2 aliphatic rings. The zero-order valence-electron chi connectivity index (χ0n) is 20.1. The molecule has 1 aliphatic carbocycles. The average molecular weight is 491 g/mol. The number of aromatic nitrogens is 1. The minimum atomic E-state index is -1.86. The van der Waals surface area contributed by atoms with E-state index in [2.05, 4.69) is 4.98 Å². The van der Waals surface area contributed by atoms with Crippen molar-refractivity contribution in [1.29, 1.82) is 0 Å². The Morgan fingerprint density at radius 2 is 1.94 bits per heavy atom. The number of methoxy groups -OCH3 is 2. The number of benzene rings is 2. The van der Waals surface area contributed by atoms with Gasteiger partial charge in [0.25, 0.3) is 0 Å². The lowest BCUT2D eigenvalue weighted by Gasteiger charge is -2.47. The Kier molecular flexibility index (Phi) is 5.52. The molecule has 9 nitrogen and oxygen atoms in total. The van der Waals surface area contributed by atoms with Crippen LogP contribution < -0.4 is 9.47 Å². The van der Waals surface area contributed by atoms with Crippen molar-refractivity contribution < 1.29 is 34.4 Å². The van der Waals surface area contributed by atoms with Gasteiger partial charge in [0.2, 0.25) is 0 Å². The number of nitrogens with one attached hydrogen (secondary N) is 1. The normalized spacial score (nSPS) is 19.4. The number of hydrogen-bond donors (Lipinski definition) is 4. The first kappa shape index (κ1) is 23.5. The molecule has 4 N–H and O–H groups in total. The lowest BCUT2D eigenvalue weighted by atomic mass is 9.76. The first-order valence-electron chi connectivity index (χ1n) is 11.4. The van der Waals surface area contributed by atoms with Gasteiger partial charge in [0.15, 0.2) is 11.3 Å². The number of allylic oxidation sites excluding steroid dienone is 1. The standard InChI is InChI=1S/C27H26N2O7/c1-27(26(33)34)19(13-30)25(32)23-21(31)10-16-9-20-14(6-7-28-20)8-18(16)24(23)29(27)12-15-4-5-17(35-2)11-22(15)36-3/h4-9,11,28,30,32H,10,12-13H2,1-3H3,(H,33,34). The highest BCUT2D eigenvalue weighted by Crippen LogP contribution is 2.48. The maximum Gasteiger partial charge on any atom is 0.333 e. The number of rotatable bonds is 6. The third-order valence-electron chi connectivity index (χ3n) is 7.22. The number of hydrogen-bond acceptors (Lipinski definition) is 7. The number of carbonyl (C=O) groups is 2. The molecule has 1 atom stereocenters. The first-order valence-corrected chi connectivity index (χ1v) is 11.4. The van der Waals surface area contributed by atoms with Crippen LogP contribution in [-0.2, 0) is 22.6 Å².